The maximum Gasteiger partial charge on any atom is 0.0107 e. The largest absolute Gasteiger partial charge is 0.313 e. The van der Waals surface area contributed by atoms with Crippen LogP contribution in [-0.2, 0) is 0 Å². The van der Waals surface area contributed by atoms with Crippen molar-refractivity contribution in [1.29, 1.82) is 0 Å². The van der Waals surface area contributed by atoms with Crippen LogP contribution in [0.1, 0.15) is 60.3 Å². The zero-order valence-electron chi connectivity index (χ0n) is 12.9. The minimum atomic E-state index is 0.671. The smallest absolute Gasteiger partial charge is 0.0107 e. The molecule has 2 nitrogen and oxygen atoms in total. The quantitative estimate of drug-likeness (QED) is 0.590. The first kappa shape index (κ1) is 16.9. The third kappa shape index (κ3) is 8.62. The molecule has 0 aromatic heterocycles. The molecular formula is C15H34N2. The molecule has 2 atom stereocenters. The highest BCUT2D eigenvalue weighted by atomic mass is 15.1. The lowest BCUT2D eigenvalue weighted by Crippen LogP contribution is -2.40. The molecule has 0 aromatic carbocycles. The molecule has 0 aliphatic heterocycles. The van der Waals surface area contributed by atoms with Gasteiger partial charge in [-0.25, -0.2) is 0 Å². The number of rotatable bonds is 10. The lowest BCUT2D eigenvalue weighted by Gasteiger charge is -2.28. The summed E-state index contributed by atoms with van der Waals surface area (Å²) in [5.74, 6) is 0.738. The fourth-order valence-corrected chi connectivity index (χ4v) is 2.00. The normalized spacial score (nSPS) is 15.5. The van der Waals surface area contributed by atoms with Crippen LogP contribution in [0.2, 0.25) is 0 Å². The third-order valence-corrected chi connectivity index (χ3v) is 3.86. The number of unbranched alkanes of at least 4 members (excludes halogenated alkanes) is 2. The minimum absolute atomic E-state index is 0.671. The molecule has 0 fully saturated rings. The van der Waals surface area contributed by atoms with Crippen LogP contribution >= 0.6 is 0 Å². The molecule has 0 spiro atoms. The van der Waals surface area contributed by atoms with Crippen LogP contribution in [0.25, 0.3) is 0 Å². The van der Waals surface area contributed by atoms with Crippen LogP contribution in [0.5, 0.6) is 0 Å². The van der Waals surface area contributed by atoms with E-state index in [2.05, 4.69) is 51.9 Å². The van der Waals surface area contributed by atoms with Gasteiger partial charge in [-0.1, -0.05) is 40.0 Å². The van der Waals surface area contributed by atoms with Crippen molar-refractivity contribution in [3.63, 3.8) is 0 Å². The molecule has 0 amide bonds. The summed E-state index contributed by atoms with van der Waals surface area (Å²) in [6.45, 7) is 13.7. The molecule has 0 aliphatic rings. The van der Waals surface area contributed by atoms with Crippen LogP contribution in [-0.4, -0.2) is 37.1 Å². The Hall–Kier alpha value is -0.0800. The van der Waals surface area contributed by atoms with E-state index in [0.717, 1.165) is 19.0 Å². The predicted molar refractivity (Wildman–Crippen MR) is 78.5 cm³/mol. The second kappa shape index (κ2) is 9.90. The van der Waals surface area contributed by atoms with Crippen LogP contribution in [0.15, 0.2) is 0 Å². The van der Waals surface area contributed by atoms with Gasteiger partial charge >= 0.3 is 0 Å². The standard InChI is InChI=1S/C15H34N2/c1-7-8-9-10-14(4)16-11-12-17(6)15(5)13(2)3/h13-16H,7-12H2,1-6H3. The first-order valence-corrected chi connectivity index (χ1v) is 7.42. The van der Waals surface area contributed by atoms with Gasteiger partial charge in [0.2, 0.25) is 0 Å². The summed E-state index contributed by atoms with van der Waals surface area (Å²) in [4.78, 5) is 2.45. The molecule has 2 heteroatoms. The van der Waals surface area contributed by atoms with Crippen molar-refractivity contribution in [2.24, 2.45) is 5.92 Å². The third-order valence-electron chi connectivity index (χ3n) is 3.86. The Labute approximate surface area is 109 Å². The summed E-state index contributed by atoms with van der Waals surface area (Å²) in [5.41, 5.74) is 0. The second-order valence-electron chi connectivity index (χ2n) is 5.82. The molecule has 17 heavy (non-hydrogen) atoms. The van der Waals surface area contributed by atoms with E-state index in [9.17, 15) is 0 Å². The van der Waals surface area contributed by atoms with Gasteiger partial charge in [-0.2, -0.15) is 0 Å². The van der Waals surface area contributed by atoms with Crippen LogP contribution in [0.3, 0.4) is 0 Å². The molecule has 0 saturated carbocycles. The van der Waals surface area contributed by atoms with Crippen LogP contribution < -0.4 is 5.32 Å². The maximum atomic E-state index is 3.62. The highest BCUT2D eigenvalue weighted by Crippen LogP contribution is 2.07. The highest BCUT2D eigenvalue weighted by Gasteiger charge is 2.12. The average Bonchev–Trinajstić information content (AvgIpc) is 2.28. The molecule has 2 unspecified atom stereocenters. The van der Waals surface area contributed by atoms with E-state index < -0.39 is 0 Å². The molecule has 0 heterocycles. The van der Waals surface area contributed by atoms with Crippen molar-refractivity contribution in [1.82, 2.24) is 10.2 Å². The van der Waals surface area contributed by atoms with Crippen LogP contribution in [0, 0.1) is 5.92 Å². The molecular weight excluding hydrogens is 208 g/mol. The summed E-state index contributed by atoms with van der Waals surface area (Å²) >= 11 is 0. The number of nitrogens with zero attached hydrogens (tertiary/aromatic N) is 1. The van der Waals surface area contributed by atoms with E-state index >= 15 is 0 Å². The van der Waals surface area contributed by atoms with Gasteiger partial charge in [0.05, 0.1) is 0 Å². The summed E-state index contributed by atoms with van der Waals surface area (Å²) in [5, 5.41) is 3.62. The Morgan fingerprint density at radius 1 is 1.06 bits per heavy atom. The fraction of sp³-hybridized carbons (Fsp3) is 1.00. The van der Waals surface area contributed by atoms with Gasteiger partial charge in [0.15, 0.2) is 0 Å². The van der Waals surface area contributed by atoms with Crippen molar-refractivity contribution in [3.8, 4) is 0 Å². The van der Waals surface area contributed by atoms with Gasteiger partial charge in [0.25, 0.3) is 0 Å². The van der Waals surface area contributed by atoms with Crippen molar-refractivity contribution in [3.05, 3.63) is 0 Å². The van der Waals surface area contributed by atoms with E-state index in [4.69, 9.17) is 0 Å². The summed E-state index contributed by atoms with van der Waals surface area (Å²) in [7, 11) is 2.23. The Bertz CT molecular complexity index is 168. The Morgan fingerprint density at radius 2 is 1.71 bits per heavy atom. The van der Waals surface area contributed by atoms with E-state index in [1.165, 1.54) is 25.7 Å². The monoisotopic (exact) mass is 242 g/mol. The second-order valence-corrected chi connectivity index (χ2v) is 5.82. The minimum Gasteiger partial charge on any atom is -0.313 e. The van der Waals surface area contributed by atoms with Gasteiger partial charge < -0.3 is 10.2 Å². The van der Waals surface area contributed by atoms with Crippen molar-refractivity contribution >= 4 is 0 Å². The number of hydrogen-bond acceptors (Lipinski definition) is 2. The van der Waals surface area contributed by atoms with Gasteiger partial charge in [0.1, 0.15) is 0 Å². The number of nitrogens with one attached hydrogen (secondary N) is 1. The van der Waals surface area contributed by atoms with Gasteiger partial charge in [-0.3, -0.25) is 0 Å². The molecule has 0 bridgehead atoms. The molecule has 0 aliphatic carbocycles. The van der Waals surface area contributed by atoms with Gasteiger partial charge in [-0.05, 0) is 33.2 Å². The van der Waals surface area contributed by atoms with Crippen molar-refractivity contribution in [2.45, 2.75) is 72.4 Å². The summed E-state index contributed by atoms with van der Waals surface area (Å²) in [6.07, 6.45) is 5.37. The lowest BCUT2D eigenvalue weighted by atomic mass is 10.1. The van der Waals surface area contributed by atoms with Crippen LogP contribution in [0.4, 0.5) is 0 Å². The molecule has 104 valence electrons. The highest BCUT2D eigenvalue weighted by molar-refractivity contribution is 4.69. The van der Waals surface area contributed by atoms with E-state index in [1.807, 2.05) is 0 Å². The topological polar surface area (TPSA) is 15.3 Å². The summed E-state index contributed by atoms with van der Waals surface area (Å²) < 4.78 is 0. The Balaban J connectivity index is 3.55. The van der Waals surface area contributed by atoms with Crippen molar-refractivity contribution < 1.29 is 0 Å². The first-order valence-electron chi connectivity index (χ1n) is 7.42. The zero-order chi connectivity index (χ0) is 13.3. The maximum absolute atomic E-state index is 3.62. The molecule has 0 saturated heterocycles. The zero-order valence-corrected chi connectivity index (χ0v) is 12.9. The SMILES string of the molecule is CCCCCC(C)NCCN(C)C(C)C(C)C. The first-order chi connectivity index (χ1) is 7.99. The Kier molecular flexibility index (Phi) is 9.85. The van der Waals surface area contributed by atoms with E-state index in [0.29, 0.717) is 12.1 Å². The van der Waals surface area contributed by atoms with Crippen molar-refractivity contribution in [2.75, 3.05) is 20.1 Å². The predicted octanol–water partition coefficient (Wildman–Crippen LogP) is 3.52. The van der Waals surface area contributed by atoms with Gasteiger partial charge in [-0.15, -0.1) is 0 Å². The fourth-order valence-electron chi connectivity index (χ4n) is 2.00. The molecule has 0 aromatic rings. The summed E-state index contributed by atoms with van der Waals surface area (Å²) in [6, 6.07) is 1.34. The van der Waals surface area contributed by atoms with E-state index in [1.54, 1.807) is 0 Å². The molecule has 0 radical (unpaired) electrons. The van der Waals surface area contributed by atoms with Gasteiger partial charge in [0, 0.05) is 25.2 Å². The number of likely N-dealkylation sites (N-methyl/N-ethyl adjacent to an activating group) is 1. The molecule has 1 N–H and O–H groups in total. The lowest BCUT2D eigenvalue weighted by molar-refractivity contribution is 0.206. The average molecular weight is 242 g/mol. The molecule has 0 rings (SSSR count). The number of hydrogen-bond donors (Lipinski definition) is 1. The Morgan fingerprint density at radius 3 is 2.24 bits per heavy atom. The van der Waals surface area contributed by atoms with E-state index in [-0.39, 0.29) is 0 Å².